The van der Waals surface area contributed by atoms with Crippen LogP contribution in [0.2, 0.25) is 0 Å². The number of aromatic nitrogens is 5. The van der Waals surface area contributed by atoms with Crippen molar-refractivity contribution in [3.8, 4) is 11.1 Å². The third-order valence-corrected chi connectivity index (χ3v) is 5.12. The number of nitrogens with two attached hydrogens (primary N) is 1. The van der Waals surface area contributed by atoms with E-state index < -0.39 is 0 Å². The maximum atomic E-state index is 6.28. The number of aryl methyl sites for hydroxylation is 1. The molecular formula is C18H25N7. The lowest BCUT2D eigenvalue weighted by Crippen LogP contribution is -2.33. The van der Waals surface area contributed by atoms with Crippen molar-refractivity contribution < 1.29 is 0 Å². The number of hydrogen-bond acceptors (Lipinski definition) is 5. The summed E-state index contributed by atoms with van der Waals surface area (Å²) in [5.41, 5.74) is 10.2. The van der Waals surface area contributed by atoms with E-state index in [1.165, 1.54) is 19.3 Å². The Hall–Kier alpha value is -2.41. The molecule has 1 aliphatic rings. The number of nitrogens with one attached hydrogen (secondary N) is 1. The average Bonchev–Trinajstić information content (AvgIpc) is 3.21. The summed E-state index contributed by atoms with van der Waals surface area (Å²) < 4.78 is 3.50. The Kier molecular flexibility index (Phi) is 4.17. The third kappa shape index (κ3) is 3.00. The topological polar surface area (TPSA) is 86.1 Å². The summed E-state index contributed by atoms with van der Waals surface area (Å²) in [5.74, 6) is 1.09. The Morgan fingerprint density at radius 3 is 2.92 bits per heavy atom. The van der Waals surface area contributed by atoms with Crippen LogP contribution in [0.15, 0.2) is 24.7 Å². The van der Waals surface area contributed by atoms with Crippen molar-refractivity contribution in [2.45, 2.75) is 44.6 Å². The first-order valence-corrected chi connectivity index (χ1v) is 9.02. The van der Waals surface area contributed by atoms with Gasteiger partial charge in [-0.3, -0.25) is 4.68 Å². The zero-order valence-corrected chi connectivity index (χ0v) is 14.8. The zero-order chi connectivity index (χ0) is 17.4. The van der Waals surface area contributed by atoms with Gasteiger partial charge in [-0.25, -0.2) is 4.98 Å². The summed E-state index contributed by atoms with van der Waals surface area (Å²) in [6.45, 7) is 3.18. The van der Waals surface area contributed by atoms with Gasteiger partial charge in [0.1, 0.15) is 5.82 Å². The molecule has 2 atom stereocenters. The highest BCUT2D eigenvalue weighted by molar-refractivity contribution is 5.77. The van der Waals surface area contributed by atoms with Crippen LogP contribution in [0.5, 0.6) is 0 Å². The average molecular weight is 339 g/mol. The number of rotatable bonds is 4. The fourth-order valence-electron chi connectivity index (χ4n) is 3.91. The highest BCUT2D eigenvalue weighted by Gasteiger charge is 2.25. The minimum atomic E-state index is 0.446. The second kappa shape index (κ2) is 6.48. The van der Waals surface area contributed by atoms with Gasteiger partial charge < -0.3 is 11.1 Å². The van der Waals surface area contributed by atoms with E-state index >= 15 is 0 Å². The Morgan fingerprint density at radius 2 is 2.16 bits per heavy atom. The minimum absolute atomic E-state index is 0.446. The van der Waals surface area contributed by atoms with Crippen LogP contribution in [-0.2, 0) is 7.05 Å². The van der Waals surface area contributed by atoms with Gasteiger partial charge in [-0.2, -0.15) is 14.7 Å². The summed E-state index contributed by atoms with van der Waals surface area (Å²) in [6.07, 6.45) is 10.4. The van der Waals surface area contributed by atoms with E-state index in [4.69, 9.17) is 10.7 Å². The smallest absolute Gasteiger partial charge is 0.165 e. The molecule has 3 N–H and O–H groups in total. The van der Waals surface area contributed by atoms with Crippen LogP contribution in [0.3, 0.4) is 0 Å². The molecule has 0 spiro atoms. The maximum absolute atomic E-state index is 6.28. The lowest BCUT2D eigenvalue weighted by molar-refractivity contribution is 0.341. The molecule has 25 heavy (non-hydrogen) atoms. The summed E-state index contributed by atoms with van der Waals surface area (Å²) >= 11 is 0. The van der Waals surface area contributed by atoms with Gasteiger partial charge in [0, 0.05) is 48.1 Å². The van der Waals surface area contributed by atoms with E-state index in [1.807, 2.05) is 31.7 Å². The first-order chi connectivity index (χ1) is 12.2. The van der Waals surface area contributed by atoms with E-state index in [-0.39, 0.29) is 0 Å². The van der Waals surface area contributed by atoms with E-state index in [2.05, 4.69) is 22.4 Å². The van der Waals surface area contributed by atoms with Crippen molar-refractivity contribution in [1.82, 2.24) is 29.7 Å². The molecule has 3 heterocycles. The van der Waals surface area contributed by atoms with Crippen molar-refractivity contribution in [1.29, 1.82) is 0 Å². The second-order valence-electron chi connectivity index (χ2n) is 6.92. The van der Waals surface area contributed by atoms with Crippen LogP contribution in [0.25, 0.3) is 16.8 Å². The van der Waals surface area contributed by atoms with Gasteiger partial charge in [-0.15, -0.1) is 0 Å². The number of hydrogen-bond donors (Lipinski definition) is 2. The number of nitrogen functional groups attached to an aromatic ring is 1. The van der Waals surface area contributed by atoms with Crippen molar-refractivity contribution in [3.05, 3.63) is 30.4 Å². The van der Waals surface area contributed by atoms with Gasteiger partial charge in [0.25, 0.3) is 0 Å². The lowest BCUT2D eigenvalue weighted by Gasteiger charge is -2.29. The van der Waals surface area contributed by atoms with Crippen LogP contribution in [0.4, 0.5) is 5.82 Å². The summed E-state index contributed by atoms with van der Waals surface area (Å²) in [4.78, 5) is 4.96. The molecule has 0 bridgehead atoms. The third-order valence-electron chi connectivity index (χ3n) is 5.12. The second-order valence-corrected chi connectivity index (χ2v) is 6.92. The lowest BCUT2D eigenvalue weighted by atomic mass is 9.83. The van der Waals surface area contributed by atoms with Crippen molar-refractivity contribution in [3.63, 3.8) is 0 Å². The first kappa shape index (κ1) is 16.1. The monoisotopic (exact) mass is 339 g/mol. The standard InChI is InChI=1S/C18H25N7/c1-3-20-14-6-4-5-12(7-14)16-8-17(19)25-18(23-16)15(10-22-25)13-9-21-24(2)11-13/h8-12,14,20H,3-7,19H2,1-2H3/t12-,14+/m0/s1. The van der Waals surface area contributed by atoms with E-state index in [0.29, 0.717) is 17.8 Å². The molecule has 1 aliphatic carbocycles. The number of fused-ring (bicyclic) bond motifs is 1. The minimum Gasteiger partial charge on any atom is -0.384 e. The fourth-order valence-corrected chi connectivity index (χ4v) is 3.91. The normalized spacial score (nSPS) is 21.0. The van der Waals surface area contributed by atoms with Gasteiger partial charge >= 0.3 is 0 Å². The Balaban J connectivity index is 1.73. The summed E-state index contributed by atoms with van der Waals surface area (Å²) in [5, 5.41) is 12.3. The number of nitrogens with zero attached hydrogens (tertiary/aromatic N) is 5. The highest BCUT2D eigenvalue weighted by atomic mass is 15.3. The van der Waals surface area contributed by atoms with Crippen molar-refractivity contribution in [2.75, 3.05) is 12.3 Å². The van der Waals surface area contributed by atoms with Crippen LogP contribution in [0, 0.1) is 0 Å². The molecule has 3 aromatic heterocycles. The predicted molar refractivity (Wildman–Crippen MR) is 98.3 cm³/mol. The van der Waals surface area contributed by atoms with Gasteiger partial charge in [0.05, 0.1) is 12.4 Å². The SMILES string of the molecule is CCN[C@@H]1CCC[C@H](c2cc(N)n3ncc(-c4cnn(C)c4)c3n2)C1. The predicted octanol–water partition coefficient (Wildman–Crippen LogP) is 2.35. The van der Waals surface area contributed by atoms with Gasteiger partial charge in [-0.1, -0.05) is 13.3 Å². The molecule has 0 unspecified atom stereocenters. The van der Waals surface area contributed by atoms with E-state index in [1.54, 1.807) is 9.20 Å². The van der Waals surface area contributed by atoms with Crippen LogP contribution in [0.1, 0.15) is 44.2 Å². The fraction of sp³-hybridized carbons (Fsp3) is 0.500. The molecular weight excluding hydrogens is 314 g/mol. The summed E-state index contributed by atoms with van der Waals surface area (Å²) in [7, 11) is 1.91. The van der Waals surface area contributed by atoms with Gasteiger partial charge in [0.2, 0.25) is 0 Å². The molecule has 3 aromatic rings. The first-order valence-electron chi connectivity index (χ1n) is 9.02. The quantitative estimate of drug-likeness (QED) is 0.762. The molecule has 1 saturated carbocycles. The Labute approximate surface area is 147 Å². The maximum Gasteiger partial charge on any atom is 0.165 e. The molecule has 7 nitrogen and oxygen atoms in total. The van der Waals surface area contributed by atoms with E-state index in [0.717, 1.165) is 35.4 Å². The molecule has 0 aliphatic heterocycles. The van der Waals surface area contributed by atoms with Gasteiger partial charge in [0.15, 0.2) is 5.65 Å². The largest absolute Gasteiger partial charge is 0.384 e. The molecule has 132 valence electrons. The molecule has 0 amide bonds. The van der Waals surface area contributed by atoms with E-state index in [9.17, 15) is 0 Å². The Bertz CT molecular complexity index is 877. The molecule has 0 aromatic carbocycles. The Morgan fingerprint density at radius 1 is 1.28 bits per heavy atom. The molecule has 0 radical (unpaired) electrons. The van der Waals surface area contributed by atoms with Crippen LogP contribution in [-0.4, -0.2) is 37.0 Å². The number of anilines is 1. The zero-order valence-electron chi connectivity index (χ0n) is 14.8. The van der Waals surface area contributed by atoms with Crippen molar-refractivity contribution in [2.24, 2.45) is 7.05 Å². The molecule has 7 heteroatoms. The molecule has 0 saturated heterocycles. The van der Waals surface area contributed by atoms with Crippen molar-refractivity contribution >= 4 is 11.5 Å². The summed E-state index contributed by atoms with van der Waals surface area (Å²) in [6, 6.07) is 2.57. The highest BCUT2D eigenvalue weighted by Crippen LogP contribution is 2.34. The van der Waals surface area contributed by atoms with Gasteiger partial charge in [-0.05, 0) is 25.8 Å². The van der Waals surface area contributed by atoms with Crippen LogP contribution < -0.4 is 11.1 Å². The molecule has 1 fully saturated rings. The molecule has 4 rings (SSSR count). The van der Waals surface area contributed by atoms with Crippen LogP contribution >= 0.6 is 0 Å².